The Morgan fingerprint density at radius 3 is 2.58 bits per heavy atom. The van der Waals surface area contributed by atoms with Crippen LogP contribution in [0.2, 0.25) is 0 Å². The quantitative estimate of drug-likeness (QED) is 0.535. The van der Waals surface area contributed by atoms with Crippen molar-refractivity contribution in [3.8, 4) is 0 Å². The third kappa shape index (κ3) is 2.79. The number of hydrogen-bond acceptors (Lipinski definition) is 4. The zero-order valence-electron chi connectivity index (χ0n) is 14.9. The van der Waals surface area contributed by atoms with Crippen LogP contribution < -0.4 is 0 Å². The van der Waals surface area contributed by atoms with Crippen LogP contribution in [0.5, 0.6) is 0 Å². The average molecular weight is 334 g/mol. The van der Waals surface area contributed by atoms with E-state index in [1.807, 2.05) is 32.9 Å². The number of carbonyl (C=O) groups excluding carboxylic acids is 1. The lowest BCUT2D eigenvalue weighted by Crippen LogP contribution is -2.56. The van der Waals surface area contributed by atoms with Crippen molar-refractivity contribution in [2.24, 2.45) is 23.2 Å². The largest absolute Gasteiger partial charge is 0.393 e. The summed E-state index contributed by atoms with van der Waals surface area (Å²) in [4.78, 5) is 11.7. The highest BCUT2D eigenvalue weighted by Gasteiger charge is 2.58. The summed E-state index contributed by atoms with van der Waals surface area (Å²) in [6.07, 6.45) is 6.65. The second kappa shape index (κ2) is 6.08. The van der Waals surface area contributed by atoms with Gasteiger partial charge in [-0.05, 0) is 62.9 Å². The molecule has 24 heavy (non-hydrogen) atoms. The Labute approximate surface area is 144 Å². The van der Waals surface area contributed by atoms with Crippen LogP contribution in [0, 0.1) is 23.2 Å². The molecule has 2 saturated carbocycles. The van der Waals surface area contributed by atoms with Gasteiger partial charge in [0.05, 0.1) is 17.8 Å². The normalized spacial score (nSPS) is 47.9. The lowest BCUT2D eigenvalue weighted by atomic mass is 9.59. The van der Waals surface area contributed by atoms with Crippen LogP contribution in [0.4, 0.5) is 0 Å². The topological polar surface area (TPSA) is 77.8 Å². The van der Waals surface area contributed by atoms with Gasteiger partial charge in [-0.1, -0.05) is 24.6 Å². The molecule has 4 heteroatoms. The minimum Gasteiger partial charge on any atom is -0.393 e. The molecule has 3 aliphatic rings. The van der Waals surface area contributed by atoms with E-state index in [1.54, 1.807) is 0 Å². The van der Waals surface area contributed by atoms with Crippen molar-refractivity contribution >= 4 is 6.29 Å². The van der Waals surface area contributed by atoms with Crippen LogP contribution in [0.15, 0.2) is 23.3 Å². The van der Waals surface area contributed by atoms with E-state index in [4.69, 9.17) is 0 Å². The molecule has 0 aromatic rings. The number of aldehydes is 1. The van der Waals surface area contributed by atoms with Gasteiger partial charge in [0.1, 0.15) is 6.29 Å². The molecule has 134 valence electrons. The SMILES string of the molecule is CC(C)=C[C@@H]1C=C(C=O)[C@H]2CC[C@@]3(C)C[C@](O)(CC[C@@H]3O)[C@@H]2[C@H]1O. The molecule has 0 saturated heterocycles. The van der Waals surface area contributed by atoms with Crippen molar-refractivity contribution in [1.29, 1.82) is 0 Å². The molecular formula is C20H30O4. The van der Waals surface area contributed by atoms with Crippen LogP contribution in [0.1, 0.15) is 52.9 Å². The van der Waals surface area contributed by atoms with Crippen molar-refractivity contribution in [3.63, 3.8) is 0 Å². The summed E-state index contributed by atoms with van der Waals surface area (Å²) in [6, 6.07) is 0. The van der Waals surface area contributed by atoms with Gasteiger partial charge >= 0.3 is 0 Å². The number of allylic oxidation sites excluding steroid dienone is 2. The van der Waals surface area contributed by atoms with Gasteiger partial charge in [-0.15, -0.1) is 0 Å². The fourth-order valence-corrected chi connectivity index (χ4v) is 5.49. The van der Waals surface area contributed by atoms with Crippen molar-refractivity contribution in [3.05, 3.63) is 23.3 Å². The lowest BCUT2D eigenvalue weighted by molar-refractivity contribution is -0.155. The summed E-state index contributed by atoms with van der Waals surface area (Å²) in [5.74, 6) is -0.717. The highest BCUT2D eigenvalue weighted by Crippen LogP contribution is 2.56. The molecule has 2 fully saturated rings. The third-order valence-corrected chi connectivity index (χ3v) is 6.68. The van der Waals surface area contributed by atoms with Gasteiger partial charge in [0.15, 0.2) is 0 Å². The van der Waals surface area contributed by atoms with E-state index in [9.17, 15) is 20.1 Å². The van der Waals surface area contributed by atoms with Gasteiger partial charge in [0, 0.05) is 11.8 Å². The molecule has 0 aromatic heterocycles. The fraction of sp³-hybridized carbons (Fsp3) is 0.750. The number of rotatable bonds is 2. The summed E-state index contributed by atoms with van der Waals surface area (Å²) in [5.41, 5.74) is 0.421. The van der Waals surface area contributed by atoms with Crippen LogP contribution >= 0.6 is 0 Å². The molecule has 3 aliphatic carbocycles. The minimum atomic E-state index is -1.02. The molecule has 0 aromatic carbocycles. The van der Waals surface area contributed by atoms with Crippen LogP contribution in [-0.2, 0) is 4.79 Å². The van der Waals surface area contributed by atoms with E-state index in [-0.39, 0.29) is 23.2 Å². The van der Waals surface area contributed by atoms with Crippen molar-refractivity contribution in [2.75, 3.05) is 0 Å². The molecular weight excluding hydrogens is 304 g/mol. The third-order valence-electron chi connectivity index (χ3n) is 6.68. The number of aliphatic hydroxyl groups excluding tert-OH is 2. The molecule has 0 aliphatic heterocycles. The van der Waals surface area contributed by atoms with Gasteiger partial charge < -0.3 is 15.3 Å². The number of aliphatic hydroxyl groups is 3. The first kappa shape index (κ1) is 17.8. The predicted molar refractivity (Wildman–Crippen MR) is 92.2 cm³/mol. The molecule has 0 heterocycles. The van der Waals surface area contributed by atoms with E-state index < -0.39 is 17.8 Å². The first-order chi connectivity index (χ1) is 11.2. The van der Waals surface area contributed by atoms with Crippen molar-refractivity contribution in [1.82, 2.24) is 0 Å². The Morgan fingerprint density at radius 1 is 1.25 bits per heavy atom. The van der Waals surface area contributed by atoms with Gasteiger partial charge in [-0.25, -0.2) is 0 Å². The molecule has 3 N–H and O–H groups in total. The first-order valence-corrected chi connectivity index (χ1v) is 9.11. The van der Waals surface area contributed by atoms with Crippen LogP contribution in [-0.4, -0.2) is 39.4 Å². The number of hydrogen-bond donors (Lipinski definition) is 3. The van der Waals surface area contributed by atoms with Crippen LogP contribution in [0.3, 0.4) is 0 Å². The van der Waals surface area contributed by atoms with E-state index in [0.717, 1.165) is 24.7 Å². The Kier molecular flexibility index (Phi) is 4.52. The smallest absolute Gasteiger partial charge is 0.146 e. The van der Waals surface area contributed by atoms with Crippen molar-refractivity contribution < 1.29 is 20.1 Å². The second-order valence-electron chi connectivity index (χ2n) is 8.76. The lowest BCUT2D eigenvalue weighted by Gasteiger charge is -2.51. The summed E-state index contributed by atoms with van der Waals surface area (Å²) in [6.45, 7) is 5.98. The molecule has 0 radical (unpaired) electrons. The molecule has 0 unspecified atom stereocenters. The summed E-state index contributed by atoms with van der Waals surface area (Å²) in [7, 11) is 0. The Balaban J connectivity index is 2.06. The van der Waals surface area contributed by atoms with Gasteiger partial charge in [0.2, 0.25) is 0 Å². The number of carbonyl (C=O) groups is 1. The Hall–Kier alpha value is -0.970. The highest BCUT2D eigenvalue weighted by atomic mass is 16.3. The summed E-state index contributed by atoms with van der Waals surface area (Å²) in [5, 5.41) is 33.0. The zero-order chi connectivity index (χ0) is 17.7. The van der Waals surface area contributed by atoms with E-state index in [0.29, 0.717) is 24.8 Å². The first-order valence-electron chi connectivity index (χ1n) is 9.11. The molecule has 7 atom stereocenters. The maximum atomic E-state index is 11.7. The number of fused-ring (bicyclic) bond motifs is 4. The minimum absolute atomic E-state index is 0.128. The zero-order valence-corrected chi connectivity index (χ0v) is 14.9. The van der Waals surface area contributed by atoms with E-state index in [1.165, 1.54) is 0 Å². The fourth-order valence-electron chi connectivity index (χ4n) is 5.49. The second-order valence-corrected chi connectivity index (χ2v) is 8.76. The molecule has 2 bridgehead atoms. The van der Waals surface area contributed by atoms with Gasteiger partial charge in [-0.3, -0.25) is 4.79 Å². The Bertz CT molecular complexity index is 576. The van der Waals surface area contributed by atoms with Crippen molar-refractivity contribution in [2.45, 2.75) is 70.7 Å². The van der Waals surface area contributed by atoms with Crippen LogP contribution in [0.25, 0.3) is 0 Å². The predicted octanol–water partition coefficient (Wildman–Crippen LogP) is 2.38. The maximum Gasteiger partial charge on any atom is 0.146 e. The van der Waals surface area contributed by atoms with E-state index in [2.05, 4.69) is 0 Å². The monoisotopic (exact) mass is 334 g/mol. The van der Waals surface area contributed by atoms with E-state index >= 15 is 0 Å². The standard InChI is InChI=1S/C20H30O4/c1-12(2)8-13-9-14(10-21)15-4-6-19(3)11-20(24,7-5-16(19)22)17(15)18(13)23/h8-10,13,15-18,22-24H,4-7,11H2,1-3H3/t13-,15-,16+,17+,18+,19+,20-/m1/s1. The summed E-state index contributed by atoms with van der Waals surface area (Å²) < 4.78 is 0. The highest BCUT2D eigenvalue weighted by molar-refractivity contribution is 5.75. The average Bonchev–Trinajstić information content (AvgIpc) is 2.60. The summed E-state index contributed by atoms with van der Waals surface area (Å²) >= 11 is 0. The molecule has 0 spiro atoms. The Morgan fingerprint density at radius 2 is 1.96 bits per heavy atom. The molecule has 0 amide bonds. The maximum absolute atomic E-state index is 11.7. The van der Waals surface area contributed by atoms with Gasteiger partial charge in [-0.2, -0.15) is 0 Å². The molecule has 4 nitrogen and oxygen atoms in total. The van der Waals surface area contributed by atoms with Gasteiger partial charge in [0.25, 0.3) is 0 Å². The molecule has 3 rings (SSSR count).